The van der Waals surface area contributed by atoms with E-state index in [-0.39, 0.29) is 5.41 Å². The Bertz CT molecular complexity index is 544. The van der Waals surface area contributed by atoms with Crippen LogP contribution in [0.25, 0.3) is 11.4 Å². The summed E-state index contributed by atoms with van der Waals surface area (Å²) in [6.07, 6.45) is 2.88. The number of imidazole rings is 1. The predicted octanol–water partition coefficient (Wildman–Crippen LogP) is 2.89. The fourth-order valence-electron chi connectivity index (χ4n) is 2.18. The van der Waals surface area contributed by atoms with E-state index in [9.17, 15) is 0 Å². The van der Waals surface area contributed by atoms with Crippen molar-refractivity contribution in [1.29, 1.82) is 0 Å². The third-order valence-electron chi connectivity index (χ3n) is 3.34. The number of aromatic nitrogens is 2. The molecular weight excluding hydrogens is 234 g/mol. The van der Waals surface area contributed by atoms with E-state index in [2.05, 4.69) is 60.8 Å². The third kappa shape index (κ3) is 3.04. The quantitative estimate of drug-likeness (QED) is 0.919. The Morgan fingerprint density at radius 2 is 1.79 bits per heavy atom. The van der Waals surface area contributed by atoms with E-state index in [1.807, 2.05) is 7.05 Å². The van der Waals surface area contributed by atoms with Crippen LogP contribution in [0.1, 0.15) is 32.0 Å². The summed E-state index contributed by atoms with van der Waals surface area (Å²) < 4.78 is 2.07. The predicted molar refractivity (Wildman–Crippen MR) is 80.1 cm³/mol. The van der Waals surface area contributed by atoms with Crippen LogP contribution in [0.15, 0.2) is 30.5 Å². The number of nitrogens with zero attached hydrogens (tertiary/aromatic N) is 2. The first-order valence-electron chi connectivity index (χ1n) is 6.75. The minimum Gasteiger partial charge on any atom is -0.334 e. The minimum absolute atomic E-state index is 0.185. The first kappa shape index (κ1) is 13.8. The monoisotopic (exact) mass is 257 g/mol. The van der Waals surface area contributed by atoms with Gasteiger partial charge in [-0.05, 0) is 17.5 Å². The molecule has 0 bridgehead atoms. The van der Waals surface area contributed by atoms with Crippen LogP contribution in [0.5, 0.6) is 0 Å². The molecule has 0 saturated heterocycles. The van der Waals surface area contributed by atoms with Gasteiger partial charge in [-0.1, -0.05) is 45.0 Å². The topological polar surface area (TPSA) is 43.8 Å². The zero-order valence-electron chi connectivity index (χ0n) is 12.3. The molecule has 0 amide bonds. The van der Waals surface area contributed by atoms with Crippen molar-refractivity contribution in [3.63, 3.8) is 0 Å². The lowest BCUT2D eigenvalue weighted by molar-refractivity contribution is 0.590. The average molecular weight is 257 g/mol. The summed E-state index contributed by atoms with van der Waals surface area (Å²) in [4.78, 5) is 4.64. The van der Waals surface area contributed by atoms with Gasteiger partial charge in [0.2, 0.25) is 0 Å². The SMILES string of the molecule is Cn1cc(CCN)nc1-c1ccc(C(C)(C)C)cc1. The molecule has 1 aromatic heterocycles. The Balaban J connectivity index is 2.32. The van der Waals surface area contributed by atoms with Gasteiger partial charge in [0, 0.05) is 25.2 Å². The molecule has 3 nitrogen and oxygen atoms in total. The number of nitrogens with two attached hydrogens (primary N) is 1. The summed E-state index contributed by atoms with van der Waals surface area (Å²) in [5, 5.41) is 0. The highest BCUT2D eigenvalue weighted by Crippen LogP contribution is 2.25. The van der Waals surface area contributed by atoms with Crippen molar-refractivity contribution in [2.45, 2.75) is 32.6 Å². The molecule has 0 fully saturated rings. The van der Waals surface area contributed by atoms with E-state index in [1.165, 1.54) is 5.56 Å². The van der Waals surface area contributed by atoms with Crippen molar-refractivity contribution >= 4 is 0 Å². The van der Waals surface area contributed by atoms with Crippen LogP contribution >= 0.6 is 0 Å². The Kier molecular flexibility index (Phi) is 3.76. The lowest BCUT2D eigenvalue weighted by Crippen LogP contribution is -2.10. The normalized spacial score (nSPS) is 11.8. The van der Waals surface area contributed by atoms with Gasteiger partial charge in [0.25, 0.3) is 0 Å². The minimum atomic E-state index is 0.185. The zero-order chi connectivity index (χ0) is 14.0. The summed E-state index contributed by atoms with van der Waals surface area (Å²) in [5.74, 6) is 1.00. The van der Waals surface area contributed by atoms with Gasteiger partial charge in [0.05, 0.1) is 5.69 Å². The number of aryl methyl sites for hydroxylation is 1. The van der Waals surface area contributed by atoms with Gasteiger partial charge in [-0.3, -0.25) is 0 Å². The number of hydrogen-bond acceptors (Lipinski definition) is 2. The first-order valence-corrected chi connectivity index (χ1v) is 6.75. The second-order valence-corrected chi connectivity index (χ2v) is 6.03. The average Bonchev–Trinajstić information content (AvgIpc) is 2.70. The smallest absolute Gasteiger partial charge is 0.139 e. The third-order valence-corrected chi connectivity index (χ3v) is 3.34. The Labute approximate surface area is 115 Å². The second kappa shape index (κ2) is 5.17. The van der Waals surface area contributed by atoms with Crippen LogP contribution in [0.3, 0.4) is 0 Å². The Morgan fingerprint density at radius 3 is 2.32 bits per heavy atom. The van der Waals surface area contributed by atoms with Crippen LogP contribution in [-0.2, 0) is 18.9 Å². The van der Waals surface area contributed by atoms with E-state index in [4.69, 9.17) is 5.73 Å². The lowest BCUT2D eigenvalue weighted by Gasteiger charge is -2.19. The molecule has 2 rings (SSSR count). The first-order chi connectivity index (χ1) is 8.91. The number of benzene rings is 1. The molecule has 0 unspecified atom stereocenters. The highest BCUT2D eigenvalue weighted by atomic mass is 15.0. The van der Waals surface area contributed by atoms with Crippen LogP contribution in [0, 0.1) is 0 Å². The summed E-state index contributed by atoms with van der Waals surface area (Å²) >= 11 is 0. The van der Waals surface area contributed by atoms with E-state index < -0.39 is 0 Å². The largest absolute Gasteiger partial charge is 0.334 e. The summed E-state index contributed by atoms with van der Waals surface area (Å²) in [5.41, 5.74) is 9.31. The van der Waals surface area contributed by atoms with E-state index in [1.54, 1.807) is 0 Å². The number of hydrogen-bond donors (Lipinski definition) is 1. The molecule has 2 aromatic rings. The molecule has 19 heavy (non-hydrogen) atoms. The molecule has 0 atom stereocenters. The van der Waals surface area contributed by atoms with Crippen LogP contribution in [0.4, 0.5) is 0 Å². The van der Waals surface area contributed by atoms with Crippen molar-refractivity contribution in [1.82, 2.24) is 9.55 Å². The van der Waals surface area contributed by atoms with E-state index in [0.29, 0.717) is 6.54 Å². The summed E-state index contributed by atoms with van der Waals surface area (Å²) in [7, 11) is 2.03. The maximum absolute atomic E-state index is 5.58. The molecule has 0 aliphatic carbocycles. The molecule has 0 saturated carbocycles. The molecule has 1 aromatic carbocycles. The molecule has 0 spiro atoms. The van der Waals surface area contributed by atoms with Crippen molar-refractivity contribution in [3.8, 4) is 11.4 Å². The van der Waals surface area contributed by atoms with Gasteiger partial charge < -0.3 is 10.3 Å². The molecule has 1 heterocycles. The highest BCUT2D eigenvalue weighted by Gasteiger charge is 2.14. The summed E-state index contributed by atoms with van der Waals surface area (Å²) in [6.45, 7) is 7.31. The van der Waals surface area contributed by atoms with Crippen molar-refractivity contribution in [3.05, 3.63) is 41.7 Å². The maximum atomic E-state index is 5.58. The molecule has 0 radical (unpaired) electrons. The van der Waals surface area contributed by atoms with Gasteiger partial charge in [0.15, 0.2) is 0 Å². The van der Waals surface area contributed by atoms with Crippen molar-refractivity contribution in [2.75, 3.05) is 6.54 Å². The molecule has 3 heteroatoms. The van der Waals surface area contributed by atoms with E-state index >= 15 is 0 Å². The molecule has 0 aliphatic rings. The molecule has 0 aliphatic heterocycles. The van der Waals surface area contributed by atoms with Gasteiger partial charge >= 0.3 is 0 Å². The van der Waals surface area contributed by atoms with Crippen LogP contribution in [0.2, 0.25) is 0 Å². The van der Waals surface area contributed by atoms with Gasteiger partial charge in [-0.25, -0.2) is 4.98 Å². The summed E-state index contributed by atoms with van der Waals surface area (Å²) in [6, 6.07) is 8.67. The molecule has 102 valence electrons. The molecular formula is C16H23N3. The van der Waals surface area contributed by atoms with Crippen molar-refractivity contribution in [2.24, 2.45) is 12.8 Å². The highest BCUT2D eigenvalue weighted by molar-refractivity contribution is 5.57. The number of rotatable bonds is 3. The van der Waals surface area contributed by atoms with Gasteiger partial charge in [0.1, 0.15) is 5.82 Å². The van der Waals surface area contributed by atoms with Crippen LogP contribution < -0.4 is 5.73 Å². The Morgan fingerprint density at radius 1 is 1.16 bits per heavy atom. The van der Waals surface area contributed by atoms with Gasteiger partial charge in [-0.15, -0.1) is 0 Å². The lowest BCUT2D eigenvalue weighted by atomic mass is 9.87. The fourth-order valence-corrected chi connectivity index (χ4v) is 2.18. The Hall–Kier alpha value is -1.61. The fraction of sp³-hybridized carbons (Fsp3) is 0.438. The van der Waals surface area contributed by atoms with E-state index in [0.717, 1.165) is 23.5 Å². The zero-order valence-corrected chi connectivity index (χ0v) is 12.3. The van der Waals surface area contributed by atoms with Crippen LogP contribution in [-0.4, -0.2) is 16.1 Å². The second-order valence-electron chi connectivity index (χ2n) is 6.03. The standard InChI is InChI=1S/C16H23N3/c1-16(2,3)13-7-5-12(6-8-13)15-18-14(9-10-17)11-19(15)4/h5-8,11H,9-10,17H2,1-4H3. The van der Waals surface area contributed by atoms with Crippen molar-refractivity contribution < 1.29 is 0 Å². The van der Waals surface area contributed by atoms with Gasteiger partial charge in [-0.2, -0.15) is 0 Å². The maximum Gasteiger partial charge on any atom is 0.139 e. The molecule has 2 N–H and O–H groups in total.